The average molecular weight is 409 g/mol. The number of aryl methyl sites for hydroxylation is 5. The fraction of sp³-hybridized carbons (Fsp3) is 0.435. The van der Waals surface area contributed by atoms with E-state index in [-0.39, 0.29) is 18.2 Å². The van der Waals surface area contributed by atoms with E-state index < -0.39 is 0 Å². The van der Waals surface area contributed by atoms with Crippen molar-refractivity contribution in [1.29, 1.82) is 0 Å². The van der Waals surface area contributed by atoms with Crippen LogP contribution in [-0.2, 0) is 26.0 Å². The van der Waals surface area contributed by atoms with Gasteiger partial charge in [-0.15, -0.1) is 0 Å². The maximum absolute atomic E-state index is 12.3. The number of amides is 1. The fourth-order valence-electron chi connectivity index (χ4n) is 3.86. The zero-order valence-electron chi connectivity index (χ0n) is 17.6. The van der Waals surface area contributed by atoms with Gasteiger partial charge in [-0.25, -0.2) is 0 Å². The van der Waals surface area contributed by atoms with Crippen LogP contribution in [-0.4, -0.2) is 27.4 Å². The van der Waals surface area contributed by atoms with E-state index in [0.29, 0.717) is 12.3 Å². The quantitative estimate of drug-likeness (QED) is 0.574. The number of hydrogen-bond acceptors (Lipinski definition) is 5. The van der Waals surface area contributed by atoms with Crippen LogP contribution < -0.4 is 10.1 Å². The molecule has 1 N–H and O–H groups in total. The molecule has 30 heavy (non-hydrogen) atoms. The minimum atomic E-state index is -0.243. The van der Waals surface area contributed by atoms with E-state index in [1.807, 2.05) is 30.7 Å². The molecule has 0 fully saturated rings. The third-order valence-corrected chi connectivity index (χ3v) is 5.43. The number of benzene rings is 1. The highest BCUT2D eigenvalue weighted by Gasteiger charge is 2.14. The zero-order valence-corrected chi connectivity index (χ0v) is 17.6. The summed E-state index contributed by atoms with van der Waals surface area (Å²) in [7, 11) is 0. The molecule has 2 heterocycles. The number of nitrogens with one attached hydrogen (secondary N) is 1. The largest absolute Gasteiger partial charge is 0.486 e. The minimum Gasteiger partial charge on any atom is -0.486 e. The molecule has 1 aromatic carbocycles. The van der Waals surface area contributed by atoms with Crippen LogP contribution in [0.4, 0.5) is 0 Å². The van der Waals surface area contributed by atoms with Crippen molar-refractivity contribution in [3.8, 4) is 5.75 Å². The Kier molecular flexibility index (Phi) is 6.16. The number of fused-ring (bicyclic) bond motifs is 1. The number of ether oxygens (including phenoxy) is 1. The molecule has 2 aromatic heterocycles. The monoisotopic (exact) mass is 408 g/mol. The molecule has 0 atom stereocenters. The van der Waals surface area contributed by atoms with Crippen LogP contribution in [0.5, 0.6) is 5.75 Å². The molecule has 0 radical (unpaired) electrons. The highest BCUT2D eigenvalue weighted by molar-refractivity contribution is 5.92. The van der Waals surface area contributed by atoms with Gasteiger partial charge in [-0.2, -0.15) is 5.10 Å². The SMILES string of the molecule is Cc1cc(C)n(CCCNC(=O)c2cc(COc3ccc4c(c3)CCCC4)on2)n1. The lowest BCUT2D eigenvalue weighted by Crippen LogP contribution is -2.25. The van der Waals surface area contributed by atoms with Crippen molar-refractivity contribution in [1.82, 2.24) is 20.3 Å². The van der Waals surface area contributed by atoms with Gasteiger partial charge in [0.15, 0.2) is 11.5 Å². The van der Waals surface area contributed by atoms with Crippen LogP contribution in [0.3, 0.4) is 0 Å². The Bertz CT molecular complexity index is 1020. The Morgan fingerprint density at radius 1 is 1.17 bits per heavy atom. The number of rotatable bonds is 8. The standard InChI is InChI=1S/C23H28N4O3/c1-16-12-17(2)27(25-16)11-5-10-24-23(28)22-14-21(30-26-22)15-29-20-9-8-18-6-3-4-7-19(18)13-20/h8-9,12-14H,3-7,10-11,15H2,1-2H3,(H,24,28). The number of carbonyl (C=O) groups is 1. The summed E-state index contributed by atoms with van der Waals surface area (Å²) in [5.74, 6) is 1.11. The number of nitrogens with zero attached hydrogens (tertiary/aromatic N) is 3. The third-order valence-electron chi connectivity index (χ3n) is 5.43. The Labute approximate surface area is 176 Å². The first-order valence-corrected chi connectivity index (χ1v) is 10.6. The molecule has 1 aliphatic rings. The molecule has 7 nitrogen and oxygen atoms in total. The first-order chi connectivity index (χ1) is 14.6. The maximum Gasteiger partial charge on any atom is 0.273 e. The molecule has 0 bridgehead atoms. The first kappa shape index (κ1) is 20.2. The Morgan fingerprint density at radius 2 is 2.00 bits per heavy atom. The van der Waals surface area contributed by atoms with Crippen molar-refractivity contribution in [3.05, 3.63) is 64.3 Å². The number of carbonyl (C=O) groups excluding carboxylic acids is 1. The second kappa shape index (κ2) is 9.15. The van der Waals surface area contributed by atoms with Crippen molar-refractivity contribution in [2.24, 2.45) is 0 Å². The van der Waals surface area contributed by atoms with Crippen molar-refractivity contribution in [3.63, 3.8) is 0 Å². The summed E-state index contributed by atoms with van der Waals surface area (Å²) in [6, 6.07) is 9.93. The van der Waals surface area contributed by atoms with Crippen LogP contribution in [0.1, 0.15) is 58.0 Å². The van der Waals surface area contributed by atoms with Crippen LogP contribution in [0.25, 0.3) is 0 Å². The van der Waals surface area contributed by atoms with Crippen molar-refractivity contribution < 1.29 is 14.1 Å². The van der Waals surface area contributed by atoms with E-state index in [2.05, 4.69) is 27.7 Å². The Morgan fingerprint density at radius 3 is 2.80 bits per heavy atom. The van der Waals surface area contributed by atoms with Gasteiger partial charge < -0.3 is 14.6 Å². The fourth-order valence-corrected chi connectivity index (χ4v) is 3.86. The van der Waals surface area contributed by atoms with Gasteiger partial charge in [0.1, 0.15) is 12.4 Å². The molecular formula is C23H28N4O3. The molecule has 0 saturated heterocycles. The van der Waals surface area contributed by atoms with Crippen LogP contribution in [0.2, 0.25) is 0 Å². The van der Waals surface area contributed by atoms with Crippen molar-refractivity contribution in [2.45, 2.75) is 59.1 Å². The lowest BCUT2D eigenvalue weighted by molar-refractivity contribution is 0.0943. The second-order valence-corrected chi connectivity index (χ2v) is 7.86. The highest BCUT2D eigenvalue weighted by Crippen LogP contribution is 2.25. The summed E-state index contributed by atoms with van der Waals surface area (Å²) in [6.45, 7) is 5.56. The lowest BCUT2D eigenvalue weighted by atomic mass is 9.92. The summed E-state index contributed by atoms with van der Waals surface area (Å²) >= 11 is 0. The molecule has 1 aliphatic carbocycles. The van der Waals surface area contributed by atoms with Crippen LogP contribution in [0.15, 0.2) is 34.9 Å². The van der Waals surface area contributed by atoms with Crippen molar-refractivity contribution in [2.75, 3.05) is 6.54 Å². The summed E-state index contributed by atoms with van der Waals surface area (Å²) in [5, 5.41) is 11.2. The summed E-state index contributed by atoms with van der Waals surface area (Å²) in [6.07, 6.45) is 5.55. The molecule has 4 rings (SSSR count). The van der Waals surface area contributed by atoms with E-state index in [9.17, 15) is 4.79 Å². The Hall–Kier alpha value is -3.09. The van der Waals surface area contributed by atoms with E-state index >= 15 is 0 Å². The highest BCUT2D eigenvalue weighted by atomic mass is 16.5. The van der Waals surface area contributed by atoms with Gasteiger partial charge in [-0.05, 0) is 75.3 Å². The van der Waals surface area contributed by atoms with Gasteiger partial charge >= 0.3 is 0 Å². The molecule has 7 heteroatoms. The maximum atomic E-state index is 12.3. The zero-order chi connectivity index (χ0) is 20.9. The normalized spacial score (nSPS) is 13.1. The lowest BCUT2D eigenvalue weighted by Gasteiger charge is -2.16. The average Bonchev–Trinajstić information content (AvgIpc) is 3.35. The van der Waals surface area contributed by atoms with E-state index in [1.54, 1.807) is 6.07 Å². The summed E-state index contributed by atoms with van der Waals surface area (Å²) < 4.78 is 13.1. The molecule has 0 unspecified atom stereocenters. The molecule has 1 amide bonds. The topological polar surface area (TPSA) is 82.2 Å². The molecule has 0 saturated carbocycles. The molecule has 3 aromatic rings. The smallest absolute Gasteiger partial charge is 0.273 e. The van der Waals surface area contributed by atoms with E-state index in [1.165, 1.54) is 24.0 Å². The number of aromatic nitrogens is 3. The summed E-state index contributed by atoms with van der Waals surface area (Å²) in [5.41, 5.74) is 5.19. The molecule has 158 valence electrons. The molecular weight excluding hydrogens is 380 g/mol. The number of hydrogen-bond donors (Lipinski definition) is 1. The Balaban J connectivity index is 1.23. The van der Waals surface area contributed by atoms with Gasteiger partial charge in [0.25, 0.3) is 5.91 Å². The van der Waals surface area contributed by atoms with Crippen LogP contribution in [0, 0.1) is 13.8 Å². The van der Waals surface area contributed by atoms with E-state index in [0.717, 1.165) is 42.9 Å². The van der Waals surface area contributed by atoms with Gasteiger partial charge in [-0.1, -0.05) is 11.2 Å². The predicted molar refractivity (Wildman–Crippen MR) is 113 cm³/mol. The first-order valence-electron chi connectivity index (χ1n) is 10.6. The van der Waals surface area contributed by atoms with Crippen LogP contribution >= 0.6 is 0 Å². The molecule has 0 aliphatic heterocycles. The van der Waals surface area contributed by atoms with Gasteiger partial charge in [0.05, 0.1) is 5.69 Å². The predicted octanol–water partition coefficient (Wildman–Crippen LogP) is 3.77. The van der Waals surface area contributed by atoms with Gasteiger partial charge in [0.2, 0.25) is 0 Å². The second-order valence-electron chi connectivity index (χ2n) is 7.86. The minimum absolute atomic E-state index is 0.243. The van der Waals surface area contributed by atoms with Crippen molar-refractivity contribution >= 4 is 5.91 Å². The van der Waals surface area contributed by atoms with Gasteiger partial charge in [-0.3, -0.25) is 9.48 Å². The molecule has 0 spiro atoms. The van der Waals surface area contributed by atoms with E-state index in [4.69, 9.17) is 9.26 Å². The van der Waals surface area contributed by atoms with Gasteiger partial charge in [0, 0.05) is 24.8 Å². The summed E-state index contributed by atoms with van der Waals surface area (Å²) in [4.78, 5) is 12.3. The third kappa shape index (κ3) is 4.90.